The molecule has 2 unspecified atom stereocenters. The summed E-state index contributed by atoms with van der Waals surface area (Å²) in [4.78, 5) is 26.5. The number of aliphatic imine (C=N–C) groups is 1. The Morgan fingerprint density at radius 3 is 2.30 bits per heavy atom. The number of oxime groups is 1. The Kier molecular flexibility index (Phi) is 11.2. The van der Waals surface area contributed by atoms with Gasteiger partial charge in [0, 0.05) is 18.8 Å². The van der Waals surface area contributed by atoms with E-state index in [0.717, 1.165) is 46.6 Å². The summed E-state index contributed by atoms with van der Waals surface area (Å²) in [5, 5.41) is 14.0. The predicted molar refractivity (Wildman–Crippen MR) is 178 cm³/mol. The largest absolute Gasteiger partial charge is 0.504 e. The second-order valence-electron chi connectivity index (χ2n) is 10.8. The number of nitrogens with zero attached hydrogens (tertiary/aromatic N) is 3. The van der Waals surface area contributed by atoms with Crippen LogP contribution < -0.4 is 28.4 Å². The van der Waals surface area contributed by atoms with Gasteiger partial charge in [0.2, 0.25) is 5.75 Å². The average molecular weight is 752 g/mol. The number of methoxy groups -OCH3 is 5. The van der Waals surface area contributed by atoms with Crippen LogP contribution in [0.1, 0.15) is 46.9 Å². The monoisotopic (exact) mass is 753 g/mol. The van der Waals surface area contributed by atoms with Crippen LogP contribution >= 0.6 is 0 Å². The van der Waals surface area contributed by atoms with Gasteiger partial charge in [-0.25, -0.2) is 0 Å². The molecule has 6 rings (SSSR count). The molecule has 248 valence electrons. The molecule has 1 saturated heterocycles. The minimum atomic E-state index is -0.431. The van der Waals surface area contributed by atoms with Crippen molar-refractivity contribution in [2.45, 2.75) is 36.3 Å². The van der Waals surface area contributed by atoms with Crippen LogP contribution in [-0.2, 0) is 4.84 Å². The molecule has 3 aliphatic heterocycles. The molecule has 1 amide bonds. The average Bonchev–Trinajstić information content (AvgIpc) is 3.77. The van der Waals surface area contributed by atoms with Crippen LogP contribution in [-0.4, -0.2) is 102 Å². The number of carbonyl (C=O) groups excluding carboxylic acids is 1. The molecule has 0 aliphatic carbocycles. The number of fused-ring (bicyclic) bond motifs is 2. The molecule has 3 aliphatic rings. The Morgan fingerprint density at radius 1 is 0.915 bits per heavy atom. The first-order chi connectivity index (χ1) is 22.8. The summed E-state index contributed by atoms with van der Waals surface area (Å²) in [6.07, 6.45) is 4.13. The van der Waals surface area contributed by atoms with Crippen molar-refractivity contribution < 1.29 is 43.2 Å². The molecule has 2 radical (unpaired) electrons. The maximum atomic E-state index is 12.4. The zero-order chi connectivity index (χ0) is 33.5. The Morgan fingerprint density at radius 2 is 1.64 bits per heavy atom. The molecule has 47 heavy (non-hydrogen) atoms. The van der Waals surface area contributed by atoms with Gasteiger partial charge < -0.3 is 29.0 Å². The molecule has 12 nitrogen and oxygen atoms in total. The number of phenols is 1. The zero-order valence-electron chi connectivity index (χ0n) is 27.4. The molecule has 2 atom stereocenters. The number of ether oxygens (including phenoxy) is 6. The van der Waals surface area contributed by atoms with Gasteiger partial charge in [-0.05, 0) is 18.9 Å². The first kappa shape index (κ1) is 34.0. The third-order valence-corrected chi connectivity index (χ3v) is 9.31. The van der Waals surface area contributed by atoms with E-state index < -0.39 is 21.1 Å². The van der Waals surface area contributed by atoms with E-state index in [1.165, 1.54) is 13.2 Å². The summed E-state index contributed by atoms with van der Waals surface area (Å²) in [7, 11) is 7.87. The normalized spacial score (nSPS) is 17.7. The maximum Gasteiger partial charge on any atom is 0.256 e. The SMILES string of the molecule is COc1cc(C2=NOC(c3cc(OC)c(OC)c(OC)c3)C2)ccc1O[CH2][Sn][CH3].COc1cc2c(cc1O)N=CC1CCCN1C2=O. The Hall–Kier alpha value is -4.33. The zero-order valence-corrected chi connectivity index (χ0v) is 30.2. The molecule has 0 spiro atoms. The van der Waals surface area contributed by atoms with Crippen molar-refractivity contribution in [2.24, 2.45) is 10.1 Å². The standard InChI is InChI=1S/C20H22NO6.C13H14N2O3.CH3.Sn/c1-22-15-7-6-12(8-17(15)23-2)14-11-16(27-21-14)13-9-18(24-3)20(26-5)19(10-13)25-4;1-18-12-5-9-10(6-11(12)16)14-7-8-3-2-4-15(8)13(9)17;;/h6-10,16H,1,11H2,2-5H3;5-8,16H,2-4H2,1H3;1H3;. The van der Waals surface area contributed by atoms with Gasteiger partial charge in [-0.1, -0.05) is 0 Å². The smallest absolute Gasteiger partial charge is 0.256 e. The molecule has 0 aromatic heterocycles. The molecule has 1 fully saturated rings. The van der Waals surface area contributed by atoms with Crippen molar-refractivity contribution in [3.63, 3.8) is 0 Å². The molecule has 0 saturated carbocycles. The van der Waals surface area contributed by atoms with Crippen LogP contribution in [0.4, 0.5) is 5.69 Å². The molecular formula is C34H39N3O9Sn. The number of hydrogen-bond donors (Lipinski definition) is 1. The van der Waals surface area contributed by atoms with Gasteiger partial charge >= 0.3 is 140 Å². The van der Waals surface area contributed by atoms with Crippen molar-refractivity contribution in [1.82, 2.24) is 4.90 Å². The Bertz CT molecular complexity index is 1640. The summed E-state index contributed by atoms with van der Waals surface area (Å²) in [5.41, 5.74) is 3.69. The van der Waals surface area contributed by atoms with Crippen molar-refractivity contribution in [1.29, 1.82) is 0 Å². The van der Waals surface area contributed by atoms with E-state index in [0.29, 0.717) is 46.4 Å². The van der Waals surface area contributed by atoms with Crippen LogP contribution in [0.2, 0.25) is 4.94 Å². The summed E-state index contributed by atoms with van der Waals surface area (Å²) in [6, 6.07) is 12.7. The van der Waals surface area contributed by atoms with Gasteiger partial charge in [0.1, 0.15) is 0 Å². The summed E-state index contributed by atoms with van der Waals surface area (Å²) >= 11 is -0.431. The molecule has 13 heteroatoms. The van der Waals surface area contributed by atoms with Gasteiger partial charge in [-0.3, -0.25) is 9.79 Å². The second kappa shape index (κ2) is 15.5. The van der Waals surface area contributed by atoms with Crippen molar-refractivity contribution in [2.75, 3.05) is 46.7 Å². The minimum Gasteiger partial charge on any atom is -0.504 e. The number of aromatic hydroxyl groups is 1. The number of hydrogen-bond acceptors (Lipinski definition) is 11. The molecular weight excluding hydrogens is 713 g/mol. The van der Waals surface area contributed by atoms with Crippen LogP contribution in [0.5, 0.6) is 40.2 Å². The molecule has 0 bridgehead atoms. The number of phenolic OH excluding ortho intramolecular Hbond substituents is 1. The fourth-order valence-corrected chi connectivity index (χ4v) is 6.51. The van der Waals surface area contributed by atoms with Crippen LogP contribution in [0.3, 0.4) is 0 Å². The first-order valence-corrected chi connectivity index (χ1v) is 20.0. The topological polar surface area (TPSA) is 130 Å². The minimum absolute atomic E-state index is 0.00302. The molecule has 3 heterocycles. The summed E-state index contributed by atoms with van der Waals surface area (Å²) < 4.78 is 33.4. The van der Waals surface area contributed by atoms with E-state index >= 15 is 0 Å². The molecule has 3 aromatic rings. The Balaban J connectivity index is 0.000000205. The Labute approximate surface area is 284 Å². The van der Waals surface area contributed by atoms with E-state index in [4.69, 9.17) is 33.3 Å². The van der Waals surface area contributed by atoms with Gasteiger partial charge in [0.15, 0.2) is 11.5 Å². The van der Waals surface area contributed by atoms with Crippen LogP contribution in [0, 0.1) is 0 Å². The van der Waals surface area contributed by atoms with Crippen molar-refractivity contribution in [3.05, 3.63) is 59.2 Å². The number of rotatable bonds is 10. The third kappa shape index (κ3) is 7.32. The first-order valence-electron chi connectivity index (χ1n) is 15.1. The van der Waals surface area contributed by atoms with Crippen molar-refractivity contribution >= 4 is 44.7 Å². The van der Waals surface area contributed by atoms with E-state index in [2.05, 4.69) is 15.1 Å². The second-order valence-corrected chi connectivity index (χ2v) is 13.7. The summed E-state index contributed by atoms with van der Waals surface area (Å²) in [6.45, 7) is 0.762. The maximum absolute atomic E-state index is 12.4. The fourth-order valence-electron chi connectivity index (χ4n) is 5.65. The predicted octanol–water partition coefficient (Wildman–Crippen LogP) is 5.40. The van der Waals surface area contributed by atoms with E-state index in [-0.39, 0.29) is 23.8 Å². The van der Waals surface area contributed by atoms with Gasteiger partial charge in [-0.15, -0.1) is 0 Å². The van der Waals surface area contributed by atoms with E-state index in [9.17, 15) is 9.90 Å². The van der Waals surface area contributed by atoms with Gasteiger partial charge in [0.25, 0.3) is 5.91 Å². The van der Waals surface area contributed by atoms with E-state index in [1.807, 2.05) is 35.2 Å². The van der Waals surface area contributed by atoms with Crippen molar-refractivity contribution in [3.8, 4) is 40.2 Å². The molecule has 3 aromatic carbocycles. The third-order valence-electron chi connectivity index (χ3n) is 8.07. The summed E-state index contributed by atoms with van der Waals surface area (Å²) in [5.74, 6) is 3.45. The fraction of sp³-hybridized carbons (Fsp3) is 0.382. The van der Waals surface area contributed by atoms with Crippen LogP contribution in [0.25, 0.3) is 0 Å². The quantitative estimate of drug-likeness (QED) is 0.271. The van der Waals surface area contributed by atoms with Gasteiger partial charge in [-0.2, -0.15) is 0 Å². The molecule has 1 N–H and O–H groups in total. The number of amides is 1. The van der Waals surface area contributed by atoms with Gasteiger partial charge in [0.05, 0.1) is 45.7 Å². The number of carbonyl (C=O) groups is 1. The van der Waals surface area contributed by atoms with E-state index in [1.54, 1.807) is 40.7 Å². The van der Waals surface area contributed by atoms with Crippen LogP contribution in [0.15, 0.2) is 52.6 Å². The number of benzene rings is 3.